The first-order valence-electron chi connectivity index (χ1n) is 7.64. The highest BCUT2D eigenvalue weighted by molar-refractivity contribution is 7.15. The van der Waals surface area contributed by atoms with Crippen LogP contribution in [0.25, 0.3) is 0 Å². The molecule has 0 atom stereocenters. The summed E-state index contributed by atoms with van der Waals surface area (Å²) in [6, 6.07) is 7.17. The van der Waals surface area contributed by atoms with Gasteiger partial charge in [-0.3, -0.25) is 10.1 Å². The quantitative estimate of drug-likeness (QED) is 0.788. The van der Waals surface area contributed by atoms with Gasteiger partial charge in [0.15, 0.2) is 0 Å². The third-order valence-corrected chi connectivity index (χ3v) is 4.47. The molecule has 1 fully saturated rings. The van der Waals surface area contributed by atoms with Crippen LogP contribution in [0.4, 0.5) is 5.13 Å². The smallest absolute Gasteiger partial charge is 0.257 e. The van der Waals surface area contributed by atoms with E-state index < -0.39 is 0 Å². The van der Waals surface area contributed by atoms with Gasteiger partial charge in [-0.15, -0.1) is 10.2 Å². The number of ether oxygens (including phenoxy) is 1. The molecular formula is C16H19N3O2S. The Labute approximate surface area is 133 Å². The molecule has 1 N–H and O–H groups in total. The van der Waals surface area contributed by atoms with Crippen molar-refractivity contribution < 1.29 is 9.53 Å². The molecule has 5 nitrogen and oxygen atoms in total. The molecule has 0 aliphatic heterocycles. The van der Waals surface area contributed by atoms with Crippen molar-refractivity contribution in [2.45, 2.75) is 38.5 Å². The number of aromatic nitrogens is 2. The van der Waals surface area contributed by atoms with Gasteiger partial charge < -0.3 is 4.74 Å². The van der Waals surface area contributed by atoms with Crippen molar-refractivity contribution in [3.05, 3.63) is 34.8 Å². The number of nitrogens with one attached hydrogen (secondary N) is 1. The average molecular weight is 317 g/mol. The normalized spacial score (nSPS) is 13.9. The second kappa shape index (κ2) is 6.87. The number of hydrogen-bond donors (Lipinski definition) is 1. The molecule has 1 aliphatic rings. The fourth-order valence-corrected chi connectivity index (χ4v) is 2.89. The molecule has 1 aliphatic carbocycles. The van der Waals surface area contributed by atoms with E-state index in [9.17, 15) is 4.79 Å². The van der Waals surface area contributed by atoms with E-state index in [-0.39, 0.29) is 5.91 Å². The van der Waals surface area contributed by atoms with Crippen LogP contribution in [-0.2, 0) is 0 Å². The number of unbranched alkanes of at least 4 members (excludes halogenated alkanes) is 1. The van der Waals surface area contributed by atoms with E-state index in [1.165, 1.54) is 24.2 Å². The van der Waals surface area contributed by atoms with Gasteiger partial charge in [-0.1, -0.05) is 24.7 Å². The van der Waals surface area contributed by atoms with Crippen LogP contribution in [0.1, 0.15) is 53.9 Å². The monoisotopic (exact) mass is 317 g/mol. The number of rotatable bonds is 7. The number of carbonyl (C=O) groups is 1. The molecule has 1 aromatic heterocycles. The van der Waals surface area contributed by atoms with Crippen molar-refractivity contribution in [2.24, 2.45) is 0 Å². The van der Waals surface area contributed by atoms with Crippen LogP contribution in [0.2, 0.25) is 0 Å². The average Bonchev–Trinajstić information content (AvgIpc) is 3.28. The van der Waals surface area contributed by atoms with Crippen LogP contribution >= 0.6 is 11.3 Å². The fraction of sp³-hybridized carbons (Fsp3) is 0.438. The van der Waals surface area contributed by atoms with Gasteiger partial charge in [-0.25, -0.2) is 0 Å². The first kappa shape index (κ1) is 15.0. The Hall–Kier alpha value is -1.95. The molecule has 0 saturated heterocycles. The van der Waals surface area contributed by atoms with Crippen LogP contribution < -0.4 is 10.1 Å². The minimum Gasteiger partial charge on any atom is -0.494 e. The SMILES string of the molecule is CCCCOc1ccc(C(=O)Nc2nnc(C3CC3)s2)cc1. The van der Waals surface area contributed by atoms with Crippen LogP contribution in [0.15, 0.2) is 24.3 Å². The molecule has 22 heavy (non-hydrogen) atoms. The maximum atomic E-state index is 12.2. The van der Waals surface area contributed by atoms with Crippen LogP contribution in [0.5, 0.6) is 5.75 Å². The van der Waals surface area contributed by atoms with Gasteiger partial charge in [0, 0.05) is 11.5 Å². The zero-order valence-electron chi connectivity index (χ0n) is 12.5. The Kier molecular flexibility index (Phi) is 4.68. The van der Waals surface area contributed by atoms with Gasteiger partial charge in [0.25, 0.3) is 5.91 Å². The molecule has 0 bridgehead atoms. The highest BCUT2D eigenvalue weighted by atomic mass is 32.1. The van der Waals surface area contributed by atoms with Crippen molar-refractivity contribution in [3.8, 4) is 5.75 Å². The van der Waals surface area contributed by atoms with E-state index in [1.54, 1.807) is 12.1 Å². The topological polar surface area (TPSA) is 64.1 Å². The number of hydrogen-bond acceptors (Lipinski definition) is 5. The molecule has 1 saturated carbocycles. The number of anilines is 1. The van der Waals surface area contributed by atoms with E-state index in [4.69, 9.17) is 4.74 Å². The lowest BCUT2D eigenvalue weighted by Gasteiger charge is -2.06. The molecule has 0 radical (unpaired) electrons. The van der Waals surface area contributed by atoms with E-state index in [1.807, 2.05) is 12.1 Å². The first-order chi connectivity index (χ1) is 10.8. The molecule has 3 rings (SSSR count). The van der Waals surface area contributed by atoms with Gasteiger partial charge in [0.05, 0.1) is 6.61 Å². The number of benzene rings is 1. The van der Waals surface area contributed by atoms with E-state index >= 15 is 0 Å². The standard InChI is InChI=1S/C16H19N3O2S/c1-2-3-10-21-13-8-6-11(7-9-13)14(20)17-16-19-18-15(22-16)12-4-5-12/h6-9,12H,2-5,10H2,1H3,(H,17,19,20). The second-order valence-electron chi connectivity index (χ2n) is 5.40. The lowest BCUT2D eigenvalue weighted by Crippen LogP contribution is -2.11. The third-order valence-electron chi connectivity index (χ3n) is 3.47. The van der Waals surface area contributed by atoms with Gasteiger partial charge in [-0.2, -0.15) is 0 Å². The lowest BCUT2D eigenvalue weighted by atomic mass is 10.2. The highest BCUT2D eigenvalue weighted by Crippen LogP contribution is 2.42. The molecule has 1 heterocycles. The number of nitrogens with zero attached hydrogens (tertiary/aromatic N) is 2. The number of amides is 1. The Morgan fingerprint density at radius 3 is 2.77 bits per heavy atom. The van der Waals surface area contributed by atoms with Crippen LogP contribution in [0, 0.1) is 0 Å². The van der Waals surface area contributed by atoms with Gasteiger partial charge in [0.1, 0.15) is 10.8 Å². The Morgan fingerprint density at radius 2 is 2.09 bits per heavy atom. The van der Waals surface area contributed by atoms with Crippen LogP contribution in [-0.4, -0.2) is 22.7 Å². The summed E-state index contributed by atoms with van der Waals surface area (Å²) in [4.78, 5) is 12.2. The zero-order valence-corrected chi connectivity index (χ0v) is 13.4. The Morgan fingerprint density at radius 1 is 1.32 bits per heavy atom. The molecule has 116 valence electrons. The lowest BCUT2D eigenvalue weighted by molar-refractivity contribution is 0.102. The minimum absolute atomic E-state index is 0.168. The van der Waals surface area contributed by atoms with Crippen molar-refractivity contribution in [1.82, 2.24) is 10.2 Å². The predicted octanol–water partition coefficient (Wildman–Crippen LogP) is 3.85. The van der Waals surface area contributed by atoms with E-state index in [0.717, 1.165) is 23.6 Å². The summed E-state index contributed by atoms with van der Waals surface area (Å²) >= 11 is 1.46. The maximum Gasteiger partial charge on any atom is 0.257 e. The third kappa shape index (κ3) is 3.82. The molecule has 6 heteroatoms. The highest BCUT2D eigenvalue weighted by Gasteiger charge is 2.27. The van der Waals surface area contributed by atoms with Gasteiger partial charge >= 0.3 is 0 Å². The molecule has 0 spiro atoms. The maximum absolute atomic E-state index is 12.2. The zero-order chi connectivity index (χ0) is 15.4. The largest absolute Gasteiger partial charge is 0.494 e. The predicted molar refractivity (Wildman–Crippen MR) is 86.7 cm³/mol. The molecule has 1 aromatic carbocycles. The summed E-state index contributed by atoms with van der Waals surface area (Å²) in [5, 5.41) is 12.5. The summed E-state index contributed by atoms with van der Waals surface area (Å²) in [5.74, 6) is 1.18. The second-order valence-corrected chi connectivity index (χ2v) is 6.41. The summed E-state index contributed by atoms with van der Waals surface area (Å²) < 4.78 is 5.58. The Balaban J connectivity index is 1.56. The van der Waals surface area contributed by atoms with Gasteiger partial charge in [0.2, 0.25) is 5.13 Å². The van der Waals surface area contributed by atoms with Gasteiger partial charge in [-0.05, 0) is 43.5 Å². The molecule has 1 amide bonds. The summed E-state index contributed by atoms with van der Waals surface area (Å²) in [7, 11) is 0. The molecule has 0 unspecified atom stereocenters. The fourth-order valence-electron chi connectivity index (χ4n) is 1.99. The summed E-state index contributed by atoms with van der Waals surface area (Å²) in [6.45, 7) is 2.83. The van der Waals surface area contributed by atoms with Crippen LogP contribution in [0.3, 0.4) is 0 Å². The number of carbonyl (C=O) groups excluding carboxylic acids is 1. The Bertz CT molecular complexity index is 635. The minimum atomic E-state index is -0.168. The summed E-state index contributed by atoms with van der Waals surface area (Å²) in [5.41, 5.74) is 0.589. The van der Waals surface area contributed by atoms with Crippen molar-refractivity contribution >= 4 is 22.4 Å². The van der Waals surface area contributed by atoms with Crippen molar-refractivity contribution in [3.63, 3.8) is 0 Å². The van der Waals surface area contributed by atoms with E-state index in [2.05, 4.69) is 22.4 Å². The molecule has 2 aromatic rings. The van der Waals surface area contributed by atoms with Crippen molar-refractivity contribution in [1.29, 1.82) is 0 Å². The first-order valence-corrected chi connectivity index (χ1v) is 8.45. The molecular weight excluding hydrogens is 298 g/mol. The summed E-state index contributed by atoms with van der Waals surface area (Å²) in [6.07, 6.45) is 4.50. The van der Waals surface area contributed by atoms with Crippen molar-refractivity contribution in [2.75, 3.05) is 11.9 Å². The van der Waals surface area contributed by atoms with E-state index in [0.29, 0.717) is 23.2 Å².